The quantitative estimate of drug-likeness (QED) is 0.183. The monoisotopic (exact) mass is 637 g/mol. The van der Waals surface area contributed by atoms with Crippen molar-refractivity contribution in [3.8, 4) is 0 Å². The summed E-state index contributed by atoms with van der Waals surface area (Å²) in [4.78, 5) is 15.8. The van der Waals surface area contributed by atoms with E-state index < -0.39 is 29.5 Å². The Morgan fingerprint density at radius 2 is 1.70 bits per heavy atom. The zero-order valence-corrected chi connectivity index (χ0v) is 29.3. The smallest absolute Gasteiger partial charge is 0.324 e. The average molecular weight is 638 g/mol. The summed E-state index contributed by atoms with van der Waals surface area (Å²) >= 11 is 5.96. The van der Waals surface area contributed by atoms with E-state index in [1.807, 2.05) is 13.8 Å². The second-order valence-corrected chi connectivity index (χ2v) is 18.3. The van der Waals surface area contributed by atoms with E-state index in [9.17, 15) is 20.1 Å². The number of aliphatic hydroxyl groups excluding tert-OH is 2. The molecule has 6 fully saturated rings. The van der Waals surface area contributed by atoms with Gasteiger partial charge in [-0.05, 0) is 130 Å². The van der Waals surface area contributed by atoms with Crippen LogP contribution >= 0.6 is 11.8 Å². The lowest BCUT2D eigenvalue weighted by atomic mass is 9.41. The third-order valence-corrected chi connectivity index (χ3v) is 15.5. The maximum Gasteiger partial charge on any atom is 0.324 e. The molecule has 13 atom stereocenters. The number of nitrogens with one attached hydrogen (secondary N) is 1. The van der Waals surface area contributed by atoms with Crippen LogP contribution in [0.2, 0.25) is 0 Å². The van der Waals surface area contributed by atoms with Gasteiger partial charge in [-0.25, -0.2) is 4.84 Å². The van der Waals surface area contributed by atoms with Crippen LogP contribution in [0.15, 0.2) is 0 Å². The van der Waals surface area contributed by atoms with Crippen molar-refractivity contribution in [1.82, 2.24) is 4.84 Å². The van der Waals surface area contributed by atoms with E-state index >= 15 is 0 Å². The molecule has 5 aliphatic carbocycles. The first kappa shape index (κ1) is 33.5. The van der Waals surface area contributed by atoms with Gasteiger partial charge in [0.15, 0.2) is 0 Å². The van der Waals surface area contributed by atoms with Crippen LogP contribution < -0.4 is 4.84 Å². The Morgan fingerprint density at radius 1 is 1.00 bits per heavy atom. The van der Waals surface area contributed by atoms with Crippen LogP contribution in [0.5, 0.6) is 0 Å². The van der Waals surface area contributed by atoms with Crippen LogP contribution in [0.1, 0.15) is 132 Å². The van der Waals surface area contributed by atoms with Gasteiger partial charge < -0.3 is 24.8 Å². The van der Waals surface area contributed by atoms with Gasteiger partial charge in [-0.3, -0.25) is 4.79 Å². The van der Waals surface area contributed by atoms with E-state index in [2.05, 4.69) is 46.4 Å². The number of hydrogen-bond acceptors (Lipinski definition) is 7. The van der Waals surface area contributed by atoms with Gasteiger partial charge in [0.2, 0.25) is 0 Å². The number of rotatable bonds is 8. The molecule has 0 aromatic carbocycles. The van der Waals surface area contributed by atoms with Crippen LogP contribution in [0.3, 0.4) is 0 Å². The van der Waals surface area contributed by atoms with E-state index in [4.69, 9.17) is 21.3 Å². The summed E-state index contributed by atoms with van der Waals surface area (Å²) in [6.45, 7) is 17.2. The highest BCUT2D eigenvalue weighted by atomic mass is 35.5. The van der Waals surface area contributed by atoms with E-state index in [1.165, 1.54) is 0 Å². The van der Waals surface area contributed by atoms with Crippen molar-refractivity contribution >= 4 is 17.7 Å². The fourth-order valence-electron chi connectivity index (χ4n) is 13.2. The lowest BCUT2D eigenvalue weighted by Gasteiger charge is -2.64. The summed E-state index contributed by atoms with van der Waals surface area (Å²) in [5, 5.41) is 34.8. The van der Waals surface area contributed by atoms with E-state index in [-0.39, 0.29) is 57.1 Å². The molecule has 2 spiro atoms. The Hall–Kier alpha value is -0.440. The molecule has 1 heterocycles. The van der Waals surface area contributed by atoms with Crippen molar-refractivity contribution in [3.63, 3.8) is 0 Å². The summed E-state index contributed by atoms with van der Waals surface area (Å²) in [6, 6.07) is -0.515. The highest BCUT2D eigenvalue weighted by Crippen LogP contribution is 2.89. The first-order chi connectivity index (χ1) is 20.4. The predicted molar refractivity (Wildman–Crippen MR) is 171 cm³/mol. The normalized spacial score (nSPS) is 51.5. The van der Waals surface area contributed by atoms with Gasteiger partial charge in [0.25, 0.3) is 0 Å². The number of unbranched alkanes of at least 4 members (excludes halogenated alkanes) is 1. The second-order valence-electron chi connectivity index (χ2n) is 18.1. The second kappa shape index (κ2) is 10.5. The molecule has 252 valence electrons. The molecule has 7 nitrogen and oxygen atoms in total. The Bertz CT molecular complexity index is 1140. The molecule has 4 N–H and O–H groups in total. The minimum Gasteiger partial charge on any atom is -0.461 e. The first-order valence-corrected chi connectivity index (χ1v) is 18.1. The molecule has 0 bridgehead atoms. The van der Waals surface area contributed by atoms with Crippen LogP contribution in [0, 0.1) is 44.8 Å². The van der Waals surface area contributed by atoms with Crippen molar-refractivity contribution in [3.05, 3.63) is 0 Å². The lowest BCUT2D eigenvalue weighted by molar-refractivity contribution is -0.218. The van der Waals surface area contributed by atoms with Gasteiger partial charge in [0.1, 0.15) is 12.1 Å². The molecule has 0 amide bonds. The minimum atomic E-state index is -0.915. The fraction of sp³-hybridized carbons (Fsp3) is 0.972. The molecule has 6 rings (SSSR count). The number of hydrogen-bond donors (Lipinski definition) is 4. The number of aliphatic hydroxyl groups is 3. The zero-order valence-electron chi connectivity index (χ0n) is 28.5. The molecular formula is C36H60ClNO6. The van der Waals surface area contributed by atoms with Crippen molar-refractivity contribution in [2.45, 2.75) is 174 Å². The summed E-state index contributed by atoms with van der Waals surface area (Å²) in [5.74, 6) is 0.0901. The molecular weight excluding hydrogens is 578 g/mol. The topological polar surface area (TPSA) is 108 Å². The molecule has 5 saturated carbocycles. The lowest BCUT2D eigenvalue weighted by Crippen LogP contribution is -2.62. The van der Waals surface area contributed by atoms with Crippen molar-refractivity contribution in [1.29, 1.82) is 0 Å². The van der Waals surface area contributed by atoms with E-state index in [0.29, 0.717) is 12.3 Å². The van der Waals surface area contributed by atoms with Crippen molar-refractivity contribution in [2.24, 2.45) is 44.8 Å². The zero-order chi connectivity index (χ0) is 32.3. The highest BCUT2D eigenvalue weighted by Gasteiger charge is 2.85. The number of carbonyl (C=O) groups excluding carboxylic acids is 1. The van der Waals surface area contributed by atoms with Crippen molar-refractivity contribution in [2.75, 3.05) is 0 Å². The molecule has 0 radical (unpaired) electrons. The van der Waals surface area contributed by atoms with E-state index in [0.717, 1.165) is 70.6 Å². The minimum absolute atomic E-state index is 0.0166. The largest absolute Gasteiger partial charge is 0.461 e. The number of carbonyl (C=O) groups is 1. The summed E-state index contributed by atoms with van der Waals surface area (Å²) in [7, 11) is 0. The number of ether oxygens (including phenoxy) is 2. The van der Waals surface area contributed by atoms with Gasteiger partial charge in [-0.2, -0.15) is 0 Å². The Labute approximate surface area is 270 Å². The van der Waals surface area contributed by atoms with Gasteiger partial charge in [0, 0.05) is 11.3 Å². The van der Waals surface area contributed by atoms with Crippen LogP contribution in [-0.4, -0.2) is 62.9 Å². The summed E-state index contributed by atoms with van der Waals surface area (Å²) in [5.41, 5.74) is -1.83. The van der Waals surface area contributed by atoms with Crippen LogP contribution in [-0.2, 0) is 14.3 Å². The predicted octanol–water partition coefficient (Wildman–Crippen LogP) is 6.29. The third-order valence-electron chi connectivity index (χ3n) is 15.3. The van der Waals surface area contributed by atoms with Gasteiger partial charge in [-0.1, -0.05) is 47.5 Å². The van der Waals surface area contributed by atoms with Gasteiger partial charge in [0.05, 0.1) is 29.5 Å². The molecule has 1 aliphatic heterocycles. The maximum absolute atomic E-state index is 13.2. The molecule has 44 heavy (non-hydrogen) atoms. The molecule has 0 aromatic heterocycles. The maximum atomic E-state index is 13.2. The number of esters is 1. The molecule has 1 saturated heterocycles. The Balaban J connectivity index is 1.26. The summed E-state index contributed by atoms with van der Waals surface area (Å²) in [6.07, 6.45) is 9.24. The summed E-state index contributed by atoms with van der Waals surface area (Å²) < 4.78 is 12.9. The third kappa shape index (κ3) is 4.41. The van der Waals surface area contributed by atoms with Gasteiger partial charge >= 0.3 is 5.97 Å². The molecule has 1 unspecified atom stereocenters. The molecule has 6 aliphatic rings. The van der Waals surface area contributed by atoms with E-state index in [1.54, 1.807) is 0 Å². The molecule has 8 heteroatoms. The number of fused-ring (bicyclic) bond motifs is 2. The average Bonchev–Trinajstić information content (AvgIpc) is 3.27. The van der Waals surface area contributed by atoms with Crippen LogP contribution in [0.25, 0.3) is 0 Å². The van der Waals surface area contributed by atoms with Crippen LogP contribution in [0.4, 0.5) is 0 Å². The molecule has 0 aromatic rings. The fourth-order valence-corrected chi connectivity index (χ4v) is 13.4. The van der Waals surface area contributed by atoms with Crippen molar-refractivity contribution < 1.29 is 29.6 Å². The standard InChI is InChI=1S/C36H60ClNO6/c1-9-10-11-21(38-37)29(41)43-25-13-15-36-20-35(36)17-16-32(6)28(34(8)14-12-26(44-34)31(4,5)42)23(40)19-33(32,7)24(35)18-22(39)27(36)30(25,2)3/h21-28,38-40,42H,9-20H2,1-8H3/t21-,22-,23-,24?,25-,26-,27-,28-,32+,33-,34+,35-,36+/m0/s1. The Morgan fingerprint density at radius 3 is 2.32 bits per heavy atom. The Kier molecular flexibility index (Phi) is 8.01. The SMILES string of the molecule is CCCC[C@H](NCl)C(=O)O[C@H]1CC[C@]23C[C@]24CC[C@]2(C)[C@@H]([C@@]5(C)CC[C@@H](C(C)(C)O)O5)[C@@H](O)C[C@@]2(C)C4C[C@H](O)[C@H]3C1(C)C. The highest BCUT2D eigenvalue weighted by molar-refractivity contribution is 6.14. The first-order valence-electron chi connectivity index (χ1n) is 17.7. The van der Waals surface area contributed by atoms with Gasteiger partial charge in [-0.15, -0.1) is 0 Å². The number of halogens is 1.